The third kappa shape index (κ3) is 3.44. The van der Waals surface area contributed by atoms with Crippen molar-refractivity contribution in [1.82, 2.24) is 4.98 Å². The van der Waals surface area contributed by atoms with Crippen molar-refractivity contribution in [2.75, 3.05) is 0 Å². The molecule has 1 aromatic heterocycles. The van der Waals surface area contributed by atoms with Crippen LogP contribution in [0.4, 0.5) is 0 Å². The van der Waals surface area contributed by atoms with E-state index in [0.29, 0.717) is 17.2 Å². The largest absolute Gasteiger partial charge is 0.489 e. The second kappa shape index (κ2) is 6.87. The summed E-state index contributed by atoms with van der Waals surface area (Å²) in [7, 11) is 0. The Balaban J connectivity index is 1.48. The number of para-hydroxylation sites is 1. The summed E-state index contributed by atoms with van der Waals surface area (Å²) in [6, 6.07) is 25.0. The van der Waals surface area contributed by atoms with Gasteiger partial charge in [-0.3, -0.25) is 4.79 Å². The summed E-state index contributed by atoms with van der Waals surface area (Å²) >= 11 is 1.42. The van der Waals surface area contributed by atoms with Gasteiger partial charge in [0.25, 0.3) is 0 Å². The monoisotopic (exact) mass is 345 g/mol. The molecule has 0 aliphatic carbocycles. The highest BCUT2D eigenvalue weighted by molar-refractivity contribution is 7.20. The van der Waals surface area contributed by atoms with Crippen molar-refractivity contribution in [2.45, 2.75) is 6.61 Å². The maximum atomic E-state index is 12.6. The first-order valence-electron chi connectivity index (χ1n) is 7.97. The molecule has 0 N–H and O–H groups in total. The lowest BCUT2D eigenvalue weighted by molar-refractivity contribution is 0.103. The summed E-state index contributed by atoms with van der Waals surface area (Å²) in [5.74, 6) is 0.681. The Kier molecular flexibility index (Phi) is 4.27. The van der Waals surface area contributed by atoms with E-state index in [1.165, 1.54) is 11.3 Å². The summed E-state index contributed by atoms with van der Waals surface area (Å²) in [5.41, 5.74) is 2.59. The van der Waals surface area contributed by atoms with E-state index in [-0.39, 0.29) is 5.78 Å². The van der Waals surface area contributed by atoms with Crippen LogP contribution in [0.2, 0.25) is 0 Å². The van der Waals surface area contributed by atoms with Crippen molar-refractivity contribution in [3.63, 3.8) is 0 Å². The van der Waals surface area contributed by atoms with E-state index in [9.17, 15) is 4.79 Å². The molecule has 0 aliphatic rings. The number of benzene rings is 3. The predicted molar refractivity (Wildman–Crippen MR) is 100 cm³/mol. The molecular formula is C21H15NO2S. The van der Waals surface area contributed by atoms with Gasteiger partial charge in [0.15, 0.2) is 5.01 Å². The molecule has 3 nitrogen and oxygen atoms in total. The van der Waals surface area contributed by atoms with Crippen LogP contribution in [-0.2, 0) is 6.61 Å². The maximum Gasteiger partial charge on any atom is 0.221 e. The van der Waals surface area contributed by atoms with Gasteiger partial charge in [0.05, 0.1) is 10.2 Å². The SMILES string of the molecule is O=C(c1ccc(OCc2ccccc2)cc1)c1nc2ccccc2s1. The number of rotatable bonds is 5. The van der Waals surface area contributed by atoms with E-state index in [2.05, 4.69) is 4.98 Å². The predicted octanol–water partition coefficient (Wildman–Crippen LogP) is 5.11. The second-order valence-corrected chi connectivity index (χ2v) is 6.65. The Labute approximate surface area is 149 Å². The highest BCUT2D eigenvalue weighted by Gasteiger charge is 2.14. The molecule has 0 fully saturated rings. The molecule has 0 radical (unpaired) electrons. The molecule has 0 saturated heterocycles. The van der Waals surface area contributed by atoms with Crippen LogP contribution in [0.1, 0.15) is 20.9 Å². The second-order valence-electron chi connectivity index (χ2n) is 5.61. The lowest BCUT2D eigenvalue weighted by atomic mass is 10.1. The maximum absolute atomic E-state index is 12.6. The minimum absolute atomic E-state index is 0.0594. The van der Waals surface area contributed by atoms with Gasteiger partial charge in [0.1, 0.15) is 12.4 Å². The number of nitrogens with zero attached hydrogens (tertiary/aromatic N) is 1. The van der Waals surface area contributed by atoms with E-state index in [1.54, 1.807) is 12.1 Å². The van der Waals surface area contributed by atoms with E-state index in [0.717, 1.165) is 21.5 Å². The minimum atomic E-state index is -0.0594. The number of carbonyl (C=O) groups is 1. The molecule has 0 bridgehead atoms. The zero-order valence-electron chi connectivity index (χ0n) is 13.4. The molecule has 0 amide bonds. The first kappa shape index (κ1) is 15.5. The fourth-order valence-electron chi connectivity index (χ4n) is 2.54. The lowest BCUT2D eigenvalue weighted by Crippen LogP contribution is -2.01. The fourth-order valence-corrected chi connectivity index (χ4v) is 3.46. The molecule has 0 saturated carbocycles. The highest BCUT2D eigenvalue weighted by Crippen LogP contribution is 2.24. The molecule has 25 heavy (non-hydrogen) atoms. The Morgan fingerprint density at radius 1 is 0.880 bits per heavy atom. The van der Waals surface area contributed by atoms with E-state index in [4.69, 9.17) is 4.74 Å². The van der Waals surface area contributed by atoms with Crippen LogP contribution >= 0.6 is 11.3 Å². The van der Waals surface area contributed by atoms with Crippen molar-refractivity contribution in [2.24, 2.45) is 0 Å². The Morgan fingerprint density at radius 2 is 1.60 bits per heavy atom. The molecule has 1 heterocycles. The average molecular weight is 345 g/mol. The van der Waals surface area contributed by atoms with Gasteiger partial charge in [-0.25, -0.2) is 4.98 Å². The molecule has 4 heteroatoms. The third-order valence-electron chi connectivity index (χ3n) is 3.85. The summed E-state index contributed by atoms with van der Waals surface area (Å²) in [5, 5.41) is 0.513. The number of hydrogen-bond acceptors (Lipinski definition) is 4. The van der Waals surface area contributed by atoms with Crippen LogP contribution in [0.5, 0.6) is 5.75 Å². The van der Waals surface area contributed by atoms with Crippen LogP contribution in [-0.4, -0.2) is 10.8 Å². The molecule has 4 aromatic rings. The Hall–Kier alpha value is -2.98. The molecule has 122 valence electrons. The van der Waals surface area contributed by atoms with Gasteiger partial charge in [-0.15, -0.1) is 11.3 Å². The van der Waals surface area contributed by atoms with Crippen LogP contribution in [0.15, 0.2) is 78.9 Å². The lowest BCUT2D eigenvalue weighted by Gasteiger charge is -2.06. The summed E-state index contributed by atoms with van der Waals surface area (Å²) in [6.45, 7) is 0.506. The van der Waals surface area contributed by atoms with Gasteiger partial charge in [-0.05, 0) is 42.0 Å². The number of aromatic nitrogens is 1. The van der Waals surface area contributed by atoms with E-state index in [1.807, 2.05) is 66.7 Å². The molecular weight excluding hydrogens is 330 g/mol. The number of ether oxygens (including phenoxy) is 1. The van der Waals surface area contributed by atoms with E-state index < -0.39 is 0 Å². The summed E-state index contributed by atoms with van der Waals surface area (Å²) < 4.78 is 6.78. The quantitative estimate of drug-likeness (QED) is 0.472. The van der Waals surface area contributed by atoms with Crippen LogP contribution in [0.25, 0.3) is 10.2 Å². The van der Waals surface area contributed by atoms with Gasteiger partial charge < -0.3 is 4.74 Å². The smallest absolute Gasteiger partial charge is 0.221 e. The Bertz CT molecular complexity index is 974. The first-order chi connectivity index (χ1) is 12.3. The van der Waals surface area contributed by atoms with E-state index >= 15 is 0 Å². The molecule has 4 rings (SSSR count). The number of ketones is 1. The van der Waals surface area contributed by atoms with Gasteiger partial charge >= 0.3 is 0 Å². The zero-order chi connectivity index (χ0) is 17.1. The molecule has 0 atom stereocenters. The summed E-state index contributed by atoms with van der Waals surface area (Å²) in [4.78, 5) is 17.0. The van der Waals surface area contributed by atoms with Crippen LogP contribution in [0, 0.1) is 0 Å². The van der Waals surface area contributed by atoms with Gasteiger partial charge in [0.2, 0.25) is 5.78 Å². The Morgan fingerprint density at radius 3 is 2.36 bits per heavy atom. The molecule has 0 spiro atoms. The molecule has 3 aromatic carbocycles. The van der Waals surface area contributed by atoms with Crippen molar-refractivity contribution in [3.05, 3.63) is 95.0 Å². The van der Waals surface area contributed by atoms with Crippen LogP contribution < -0.4 is 4.74 Å². The number of thiazole rings is 1. The van der Waals surface area contributed by atoms with Gasteiger partial charge in [0, 0.05) is 5.56 Å². The third-order valence-corrected chi connectivity index (χ3v) is 4.89. The fraction of sp³-hybridized carbons (Fsp3) is 0.0476. The molecule has 0 aliphatic heterocycles. The zero-order valence-corrected chi connectivity index (χ0v) is 14.2. The van der Waals surface area contributed by atoms with Crippen LogP contribution in [0.3, 0.4) is 0 Å². The minimum Gasteiger partial charge on any atom is -0.489 e. The number of fused-ring (bicyclic) bond motifs is 1. The summed E-state index contributed by atoms with van der Waals surface area (Å²) in [6.07, 6.45) is 0. The molecule has 0 unspecified atom stereocenters. The normalized spacial score (nSPS) is 10.7. The highest BCUT2D eigenvalue weighted by atomic mass is 32.1. The standard InChI is InChI=1S/C21H15NO2S/c23-20(21-22-18-8-4-5-9-19(18)25-21)16-10-12-17(13-11-16)24-14-15-6-2-1-3-7-15/h1-13H,14H2. The van der Waals surface area contributed by atoms with Gasteiger partial charge in [-0.1, -0.05) is 42.5 Å². The topological polar surface area (TPSA) is 39.2 Å². The average Bonchev–Trinajstić information content (AvgIpc) is 3.11. The number of hydrogen-bond donors (Lipinski definition) is 0. The van der Waals surface area contributed by atoms with Crippen molar-refractivity contribution < 1.29 is 9.53 Å². The van der Waals surface area contributed by atoms with Crippen molar-refractivity contribution in [3.8, 4) is 5.75 Å². The van der Waals surface area contributed by atoms with Crippen molar-refractivity contribution >= 4 is 27.3 Å². The number of carbonyl (C=O) groups excluding carboxylic acids is 1. The first-order valence-corrected chi connectivity index (χ1v) is 8.78. The van der Waals surface area contributed by atoms with Gasteiger partial charge in [-0.2, -0.15) is 0 Å². The van der Waals surface area contributed by atoms with Crippen molar-refractivity contribution in [1.29, 1.82) is 0 Å².